The second-order valence-corrected chi connectivity index (χ2v) is 5.63. The van der Waals surface area contributed by atoms with Crippen LogP contribution in [0.3, 0.4) is 0 Å². The molecular formula is C14H14ClFN4O2. The summed E-state index contributed by atoms with van der Waals surface area (Å²) in [5, 5.41) is 17.2. The lowest BCUT2D eigenvalue weighted by Gasteiger charge is -2.19. The zero-order valence-corrected chi connectivity index (χ0v) is 12.4. The summed E-state index contributed by atoms with van der Waals surface area (Å²) in [5.41, 5.74) is 1.26. The zero-order chi connectivity index (χ0) is 15.7. The van der Waals surface area contributed by atoms with Crippen LogP contribution in [0, 0.1) is 5.82 Å². The Morgan fingerprint density at radius 2 is 2.32 bits per heavy atom. The smallest absolute Gasteiger partial charge is 0.320 e. The van der Waals surface area contributed by atoms with Crippen LogP contribution in [0.1, 0.15) is 18.5 Å². The van der Waals surface area contributed by atoms with Crippen LogP contribution >= 0.6 is 11.6 Å². The number of hydrogen-bond donors (Lipinski definition) is 1. The predicted molar refractivity (Wildman–Crippen MR) is 77.4 cm³/mol. The summed E-state index contributed by atoms with van der Waals surface area (Å²) in [6.45, 7) is 1.15. The molecule has 1 saturated heterocycles. The topological polar surface area (TPSA) is 71.2 Å². The van der Waals surface area contributed by atoms with Crippen LogP contribution in [0.25, 0.3) is 5.69 Å². The molecule has 1 N–H and O–H groups in total. The highest BCUT2D eigenvalue weighted by atomic mass is 35.5. The van der Waals surface area contributed by atoms with E-state index in [4.69, 9.17) is 16.7 Å². The van der Waals surface area contributed by atoms with E-state index >= 15 is 0 Å². The van der Waals surface area contributed by atoms with Crippen molar-refractivity contribution in [2.45, 2.75) is 25.4 Å². The monoisotopic (exact) mass is 324 g/mol. The Bertz CT molecular complexity index is 706. The molecule has 22 heavy (non-hydrogen) atoms. The van der Waals surface area contributed by atoms with E-state index in [1.54, 1.807) is 12.3 Å². The van der Waals surface area contributed by atoms with Crippen molar-refractivity contribution in [1.29, 1.82) is 0 Å². The van der Waals surface area contributed by atoms with Gasteiger partial charge in [-0.3, -0.25) is 9.69 Å². The molecule has 3 rings (SSSR count). The summed E-state index contributed by atoms with van der Waals surface area (Å²) in [6, 6.07) is 3.81. The highest BCUT2D eigenvalue weighted by Gasteiger charge is 2.30. The fourth-order valence-electron chi connectivity index (χ4n) is 2.63. The van der Waals surface area contributed by atoms with Crippen molar-refractivity contribution in [1.82, 2.24) is 19.9 Å². The molecule has 0 amide bonds. The molecule has 1 fully saturated rings. The molecular weight excluding hydrogens is 311 g/mol. The summed E-state index contributed by atoms with van der Waals surface area (Å²) < 4.78 is 14.7. The maximum atomic E-state index is 13.2. The summed E-state index contributed by atoms with van der Waals surface area (Å²) in [7, 11) is 0. The van der Waals surface area contributed by atoms with Gasteiger partial charge in [-0.15, -0.1) is 5.10 Å². The Kier molecular flexibility index (Phi) is 4.08. The van der Waals surface area contributed by atoms with Gasteiger partial charge in [0.15, 0.2) is 0 Å². The first-order chi connectivity index (χ1) is 10.5. The third-order valence-electron chi connectivity index (χ3n) is 3.72. The van der Waals surface area contributed by atoms with Gasteiger partial charge in [-0.2, -0.15) is 0 Å². The molecule has 0 bridgehead atoms. The van der Waals surface area contributed by atoms with Gasteiger partial charge >= 0.3 is 5.97 Å². The van der Waals surface area contributed by atoms with Gasteiger partial charge in [-0.1, -0.05) is 16.8 Å². The maximum absolute atomic E-state index is 13.2. The largest absolute Gasteiger partial charge is 0.480 e. The van der Waals surface area contributed by atoms with Crippen LogP contribution in [0.4, 0.5) is 4.39 Å². The van der Waals surface area contributed by atoms with Gasteiger partial charge in [0.1, 0.15) is 11.9 Å². The van der Waals surface area contributed by atoms with Crippen LogP contribution in [0.5, 0.6) is 0 Å². The number of likely N-dealkylation sites (tertiary alicyclic amines) is 1. The summed E-state index contributed by atoms with van der Waals surface area (Å²) in [5.74, 6) is -1.30. The summed E-state index contributed by atoms with van der Waals surface area (Å²) in [4.78, 5) is 13.0. The van der Waals surface area contributed by atoms with Gasteiger partial charge < -0.3 is 5.11 Å². The van der Waals surface area contributed by atoms with Gasteiger partial charge in [0.05, 0.1) is 22.6 Å². The Hall–Kier alpha value is -1.99. The van der Waals surface area contributed by atoms with Crippen molar-refractivity contribution in [2.75, 3.05) is 6.54 Å². The number of carboxylic acid groups (broad SMARTS) is 1. The number of carbonyl (C=O) groups is 1. The fraction of sp³-hybridized carbons (Fsp3) is 0.357. The van der Waals surface area contributed by atoms with Crippen molar-refractivity contribution < 1.29 is 14.3 Å². The molecule has 6 nitrogen and oxygen atoms in total. The molecule has 0 spiro atoms. The van der Waals surface area contributed by atoms with Gasteiger partial charge in [0.2, 0.25) is 0 Å². The molecule has 1 aliphatic heterocycles. The molecule has 2 heterocycles. The Labute approximate surface area is 131 Å². The maximum Gasteiger partial charge on any atom is 0.320 e. The summed E-state index contributed by atoms with van der Waals surface area (Å²) in [6.07, 6.45) is 3.20. The molecule has 0 saturated carbocycles. The number of benzene rings is 1. The lowest BCUT2D eigenvalue weighted by Crippen LogP contribution is -2.35. The van der Waals surface area contributed by atoms with Crippen molar-refractivity contribution in [3.63, 3.8) is 0 Å². The van der Waals surface area contributed by atoms with Crippen LogP contribution in [0.15, 0.2) is 24.4 Å². The standard InChI is InChI=1S/C14H14ClFN4O2/c15-11-6-10(3-4-12(11)16)20-8-9(17-18-20)7-19-5-1-2-13(19)14(21)22/h3-4,6,8,13H,1-2,5,7H2,(H,21,22). The highest BCUT2D eigenvalue weighted by molar-refractivity contribution is 6.30. The van der Waals surface area contributed by atoms with Crippen LogP contribution in [-0.4, -0.2) is 43.6 Å². The van der Waals surface area contributed by atoms with E-state index < -0.39 is 17.8 Å². The van der Waals surface area contributed by atoms with E-state index in [-0.39, 0.29) is 5.02 Å². The van der Waals surface area contributed by atoms with Crippen molar-refractivity contribution in [2.24, 2.45) is 0 Å². The van der Waals surface area contributed by atoms with Crippen LogP contribution in [-0.2, 0) is 11.3 Å². The molecule has 1 atom stereocenters. The van der Waals surface area contributed by atoms with Gasteiger partial charge in [0, 0.05) is 6.54 Å². The lowest BCUT2D eigenvalue weighted by atomic mass is 10.2. The first-order valence-corrected chi connectivity index (χ1v) is 7.26. The molecule has 8 heteroatoms. The molecule has 116 valence electrons. The average Bonchev–Trinajstić information content (AvgIpc) is 3.11. The lowest BCUT2D eigenvalue weighted by molar-refractivity contribution is -0.142. The van der Waals surface area contributed by atoms with Crippen LogP contribution < -0.4 is 0 Å². The highest BCUT2D eigenvalue weighted by Crippen LogP contribution is 2.21. The molecule has 1 unspecified atom stereocenters. The van der Waals surface area contributed by atoms with E-state index in [1.807, 2.05) is 4.90 Å². The van der Waals surface area contributed by atoms with Crippen molar-refractivity contribution >= 4 is 17.6 Å². The third kappa shape index (κ3) is 2.95. The number of carboxylic acids is 1. The number of hydrogen-bond acceptors (Lipinski definition) is 4. The molecule has 1 aromatic heterocycles. The first-order valence-electron chi connectivity index (χ1n) is 6.88. The van der Waals surface area contributed by atoms with Gasteiger partial charge in [0.25, 0.3) is 0 Å². The third-order valence-corrected chi connectivity index (χ3v) is 4.01. The molecule has 1 aliphatic rings. The minimum Gasteiger partial charge on any atom is -0.480 e. The quantitative estimate of drug-likeness (QED) is 0.932. The normalized spacial score (nSPS) is 18.7. The zero-order valence-electron chi connectivity index (χ0n) is 11.6. The number of rotatable bonds is 4. The van der Waals surface area contributed by atoms with Crippen molar-refractivity contribution in [3.8, 4) is 5.69 Å². The average molecular weight is 325 g/mol. The Balaban J connectivity index is 1.76. The van der Waals surface area contributed by atoms with Crippen molar-refractivity contribution in [3.05, 3.63) is 40.9 Å². The first kappa shape index (κ1) is 14.9. The fourth-order valence-corrected chi connectivity index (χ4v) is 2.80. The number of nitrogens with zero attached hydrogens (tertiary/aromatic N) is 4. The van der Waals surface area contributed by atoms with Gasteiger partial charge in [-0.05, 0) is 37.6 Å². The Morgan fingerprint density at radius 3 is 3.05 bits per heavy atom. The minimum atomic E-state index is -0.810. The minimum absolute atomic E-state index is 0.0139. The molecule has 2 aromatic rings. The Morgan fingerprint density at radius 1 is 1.50 bits per heavy atom. The number of aromatic nitrogens is 3. The second kappa shape index (κ2) is 6.02. The van der Waals surface area contributed by atoms with E-state index in [0.29, 0.717) is 24.3 Å². The number of halogens is 2. The molecule has 1 aromatic carbocycles. The van der Waals surface area contributed by atoms with E-state index in [9.17, 15) is 9.18 Å². The molecule has 0 aliphatic carbocycles. The summed E-state index contributed by atoms with van der Waals surface area (Å²) >= 11 is 5.75. The predicted octanol–water partition coefficient (Wildman–Crippen LogP) is 2.11. The van der Waals surface area contributed by atoms with E-state index in [2.05, 4.69) is 10.3 Å². The number of aliphatic carboxylic acids is 1. The SMILES string of the molecule is O=C(O)C1CCCN1Cc1cn(-c2ccc(F)c(Cl)c2)nn1. The van der Waals surface area contributed by atoms with E-state index in [1.165, 1.54) is 16.8 Å². The van der Waals surface area contributed by atoms with E-state index in [0.717, 1.165) is 13.0 Å². The molecule has 0 radical (unpaired) electrons. The van der Waals surface area contributed by atoms with Gasteiger partial charge in [-0.25, -0.2) is 9.07 Å². The second-order valence-electron chi connectivity index (χ2n) is 5.22. The van der Waals surface area contributed by atoms with Crippen LogP contribution in [0.2, 0.25) is 5.02 Å².